The SMILES string of the molecule is CC(C)C[C@@H]1CCCN(C(=O)NC[C@H](c2cnn(C)c2)N(C)C)C1. The number of likely N-dealkylation sites (N-methyl/N-ethyl adjacent to an activating group) is 1. The van der Waals surface area contributed by atoms with Crippen LogP contribution >= 0.6 is 0 Å². The van der Waals surface area contributed by atoms with Crippen LogP contribution in [0.5, 0.6) is 0 Å². The first-order valence-electron chi connectivity index (χ1n) is 9.04. The molecule has 136 valence electrons. The van der Waals surface area contributed by atoms with E-state index in [9.17, 15) is 4.79 Å². The summed E-state index contributed by atoms with van der Waals surface area (Å²) in [6.07, 6.45) is 7.45. The second-order valence-electron chi connectivity index (χ2n) is 7.70. The molecule has 0 bridgehead atoms. The van der Waals surface area contributed by atoms with E-state index < -0.39 is 0 Å². The Hall–Kier alpha value is -1.56. The summed E-state index contributed by atoms with van der Waals surface area (Å²) >= 11 is 0. The second-order valence-corrected chi connectivity index (χ2v) is 7.70. The lowest BCUT2D eigenvalue weighted by molar-refractivity contribution is 0.154. The summed E-state index contributed by atoms with van der Waals surface area (Å²) in [5.74, 6) is 1.34. The Labute approximate surface area is 146 Å². The van der Waals surface area contributed by atoms with E-state index in [1.165, 1.54) is 12.8 Å². The number of nitrogens with one attached hydrogen (secondary N) is 1. The molecule has 0 unspecified atom stereocenters. The van der Waals surface area contributed by atoms with Crippen LogP contribution in [-0.4, -0.2) is 59.3 Å². The third-order valence-electron chi connectivity index (χ3n) is 4.79. The summed E-state index contributed by atoms with van der Waals surface area (Å²) in [6.45, 7) is 6.88. The molecule has 0 saturated carbocycles. The van der Waals surface area contributed by atoms with Crippen LogP contribution in [0.15, 0.2) is 12.4 Å². The standard InChI is InChI=1S/C18H33N5O/c1-14(2)9-15-7-6-8-23(12-15)18(24)19-11-17(21(3)4)16-10-20-22(5)13-16/h10,13-15,17H,6-9,11-12H2,1-5H3,(H,19,24)/t15-,17+/m0/s1. The fraction of sp³-hybridized carbons (Fsp3) is 0.778. The van der Waals surface area contributed by atoms with Crippen LogP contribution < -0.4 is 5.32 Å². The number of amides is 2. The van der Waals surface area contributed by atoms with Crippen molar-refractivity contribution in [2.45, 2.75) is 39.2 Å². The molecule has 1 aliphatic heterocycles. The first-order valence-corrected chi connectivity index (χ1v) is 9.04. The van der Waals surface area contributed by atoms with Crippen molar-refractivity contribution in [2.75, 3.05) is 33.7 Å². The number of hydrogen-bond donors (Lipinski definition) is 1. The lowest BCUT2D eigenvalue weighted by atomic mass is 9.90. The highest BCUT2D eigenvalue weighted by Gasteiger charge is 2.25. The van der Waals surface area contributed by atoms with Crippen LogP contribution in [0.2, 0.25) is 0 Å². The number of aromatic nitrogens is 2. The van der Waals surface area contributed by atoms with Gasteiger partial charge >= 0.3 is 6.03 Å². The molecule has 24 heavy (non-hydrogen) atoms. The van der Waals surface area contributed by atoms with Gasteiger partial charge in [-0.2, -0.15) is 5.10 Å². The lowest BCUT2D eigenvalue weighted by Crippen LogP contribution is -2.47. The highest BCUT2D eigenvalue weighted by Crippen LogP contribution is 2.23. The van der Waals surface area contributed by atoms with Crippen molar-refractivity contribution in [3.05, 3.63) is 18.0 Å². The van der Waals surface area contributed by atoms with Crippen molar-refractivity contribution in [2.24, 2.45) is 18.9 Å². The number of urea groups is 1. The van der Waals surface area contributed by atoms with Gasteiger partial charge in [0.15, 0.2) is 0 Å². The van der Waals surface area contributed by atoms with E-state index in [0.29, 0.717) is 18.4 Å². The predicted molar refractivity (Wildman–Crippen MR) is 96.8 cm³/mol. The zero-order valence-electron chi connectivity index (χ0n) is 15.8. The van der Waals surface area contributed by atoms with Gasteiger partial charge in [-0.1, -0.05) is 13.8 Å². The molecule has 0 aliphatic carbocycles. The van der Waals surface area contributed by atoms with E-state index in [0.717, 1.165) is 25.1 Å². The maximum Gasteiger partial charge on any atom is 0.317 e. The summed E-state index contributed by atoms with van der Waals surface area (Å²) in [5, 5.41) is 7.36. The molecule has 0 spiro atoms. The molecule has 1 N–H and O–H groups in total. The largest absolute Gasteiger partial charge is 0.336 e. The maximum atomic E-state index is 12.6. The highest BCUT2D eigenvalue weighted by molar-refractivity contribution is 5.74. The third-order valence-corrected chi connectivity index (χ3v) is 4.79. The molecule has 2 rings (SSSR count). The van der Waals surface area contributed by atoms with Gasteiger partial charge in [0, 0.05) is 38.4 Å². The number of carbonyl (C=O) groups excluding carboxylic acids is 1. The van der Waals surface area contributed by atoms with Crippen molar-refractivity contribution in [3.8, 4) is 0 Å². The molecule has 6 heteroatoms. The van der Waals surface area contributed by atoms with E-state index in [1.54, 1.807) is 4.68 Å². The Balaban J connectivity index is 1.88. The molecule has 0 radical (unpaired) electrons. The van der Waals surface area contributed by atoms with Gasteiger partial charge in [-0.25, -0.2) is 4.79 Å². The zero-order valence-corrected chi connectivity index (χ0v) is 15.8. The van der Waals surface area contributed by atoms with Gasteiger partial charge in [0.25, 0.3) is 0 Å². The van der Waals surface area contributed by atoms with E-state index >= 15 is 0 Å². The van der Waals surface area contributed by atoms with Crippen molar-refractivity contribution in [1.82, 2.24) is 24.9 Å². The third kappa shape index (κ3) is 5.23. The van der Waals surface area contributed by atoms with Gasteiger partial charge in [-0.3, -0.25) is 4.68 Å². The summed E-state index contributed by atoms with van der Waals surface area (Å²) < 4.78 is 1.80. The van der Waals surface area contributed by atoms with Crippen LogP contribution in [0, 0.1) is 11.8 Å². The Morgan fingerprint density at radius 1 is 1.46 bits per heavy atom. The molecule has 1 fully saturated rings. The van der Waals surface area contributed by atoms with Crippen LogP contribution in [0.4, 0.5) is 4.79 Å². The number of likely N-dealkylation sites (tertiary alicyclic amines) is 1. The average Bonchev–Trinajstić information content (AvgIpc) is 2.92. The fourth-order valence-corrected chi connectivity index (χ4v) is 3.62. The van der Waals surface area contributed by atoms with Crippen molar-refractivity contribution >= 4 is 6.03 Å². The summed E-state index contributed by atoms with van der Waals surface area (Å²) in [4.78, 5) is 16.7. The topological polar surface area (TPSA) is 53.4 Å². The van der Waals surface area contributed by atoms with Crippen LogP contribution in [0.25, 0.3) is 0 Å². The number of nitrogens with zero attached hydrogens (tertiary/aromatic N) is 4. The Kier molecular flexibility index (Phi) is 6.66. The quantitative estimate of drug-likeness (QED) is 0.869. The van der Waals surface area contributed by atoms with Gasteiger partial charge in [-0.15, -0.1) is 0 Å². The van der Waals surface area contributed by atoms with Crippen LogP contribution in [-0.2, 0) is 7.05 Å². The number of piperidine rings is 1. The van der Waals surface area contributed by atoms with Gasteiger partial charge < -0.3 is 15.1 Å². The molecule has 2 heterocycles. The molecule has 1 saturated heterocycles. The predicted octanol–water partition coefficient (Wildman–Crippen LogP) is 2.49. The number of aryl methyl sites for hydroxylation is 1. The summed E-state index contributed by atoms with van der Waals surface area (Å²) in [6, 6.07) is 0.207. The molecular weight excluding hydrogens is 302 g/mol. The minimum absolute atomic E-state index is 0.0687. The van der Waals surface area contributed by atoms with E-state index in [1.807, 2.05) is 38.4 Å². The van der Waals surface area contributed by atoms with Gasteiger partial charge in [0.2, 0.25) is 0 Å². The average molecular weight is 335 g/mol. The number of carbonyl (C=O) groups is 1. The fourth-order valence-electron chi connectivity index (χ4n) is 3.62. The van der Waals surface area contributed by atoms with E-state index in [-0.39, 0.29) is 12.1 Å². The molecule has 2 amide bonds. The first kappa shape index (κ1) is 18.8. The van der Waals surface area contributed by atoms with Crippen molar-refractivity contribution in [3.63, 3.8) is 0 Å². The molecule has 1 aliphatic rings. The van der Waals surface area contributed by atoms with E-state index in [2.05, 4.69) is 29.2 Å². The molecule has 1 aromatic heterocycles. The molecular formula is C18H33N5O. The maximum absolute atomic E-state index is 12.6. The molecule has 2 atom stereocenters. The van der Waals surface area contributed by atoms with Crippen LogP contribution in [0.1, 0.15) is 44.7 Å². The van der Waals surface area contributed by atoms with Gasteiger partial charge in [-0.05, 0) is 45.2 Å². The second kappa shape index (κ2) is 8.51. The number of rotatable bonds is 6. The van der Waals surface area contributed by atoms with Crippen molar-refractivity contribution in [1.29, 1.82) is 0 Å². The van der Waals surface area contributed by atoms with Crippen molar-refractivity contribution < 1.29 is 4.79 Å². The minimum Gasteiger partial charge on any atom is -0.336 e. The normalized spacial score (nSPS) is 19.8. The Morgan fingerprint density at radius 2 is 2.21 bits per heavy atom. The Morgan fingerprint density at radius 3 is 2.79 bits per heavy atom. The highest BCUT2D eigenvalue weighted by atomic mass is 16.2. The lowest BCUT2D eigenvalue weighted by Gasteiger charge is -2.34. The smallest absolute Gasteiger partial charge is 0.317 e. The van der Waals surface area contributed by atoms with E-state index in [4.69, 9.17) is 0 Å². The Bertz CT molecular complexity index is 525. The number of hydrogen-bond acceptors (Lipinski definition) is 3. The summed E-state index contributed by atoms with van der Waals surface area (Å²) in [7, 11) is 5.98. The first-order chi connectivity index (χ1) is 11.4. The zero-order chi connectivity index (χ0) is 17.7. The summed E-state index contributed by atoms with van der Waals surface area (Å²) in [5.41, 5.74) is 1.12. The van der Waals surface area contributed by atoms with Gasteiger partial charge in [0.05, 0.1) is 12.2 Å². The molecule has 0 aromatic carbocycles. The van der Waals surface area contributed by atoms with Crippen LogP contribution in [0.3, 0.4) is 0 Å². The molecule has 1 aromatic rings. The molecule has 6 nitrogen and oxygen atoms in total. The monoisotopic (exact) mass is 335 g/mol. The van der Waals surface area contributed by atoms with Gasteiger partial charge in [0.1, 0.15) is 0 Å². The minimum atomic E-state index is 0.0687.